The number of nitrogens with zero attached hydrogens (tertiary/aromatic N) is 4. The number of benzene rings is 1. The number of amides is 1. The zero-order valence-corrected chi connectivity index (χ0v) is 18.7. The minimum atomic E-state index is -1.57. The van der Waals surface area contributed by atoms with Gasteiger partial charge < -0.3 is 24.8 Å². The predicted octanol–water partition coefficient (Wildman–Crippen LogP) is 2.56. The van der Waals surface area contributed by atoms with Crippen LogP contribution in [0.1, 0.15) is 0 Å². The molecule has 0 aliphatic heterocycles. The molecule has 11 nitrogen and oxygen atoms in total. The minimum Gasteiger partial charge on any atom is -0.497 e. The number of pyridine rings is 1. The van der Waals surface area contributed by atoms with Gasteiger partial charge in [-0.3, -0.25) is 4.98 Å². The van der Waals surface area contributed by atoms with Gasteiger partial charge in [-0.05, 0) is 42.7 Å². The number of aromatic nitrogens is 3. The van der Waals surface area contributed by atoms with Crippen molar-refractivity contribution in [3.8, 4) is 22.9 Å². The molecular formula is C21H19N5O6S. The highest BCUT2D eigenvalue weighted by atomic mass is 32.2. The summed E-state index contributed by atoms with van der Waals surface area (Å²) in [6, 6.07) is 10.6. The summed E-state index contributed by atoms with van der Waals surface area (Å²) in [5.74, 6) is -1.97. The first-order chi connectivity index (χ1) is 15.8. The van der Waals surface area contributed by atoms with E-state index in [4.69, 9.17) is 15.2 Å². The Balaban J connectivity index is 2.11. The molecule has 3 rings (SSSR count). The molecule has 0 bridgehead atoms. The Kier molecular flexibility index (Phi) is 7.41. The van der Waals surface area contributed by atoms with Gasteiger partial charge in [0.05, 0.1) is 7.11 Å². The summed E-state index contributed by atoms with van der Waals surface area (Å²) in [5, 5.41) is 0.263. The smallest absolute Gasteiger partial charge is 0.426 e. The van der Waals surface area contributed by atoms with Crippen LogP contribution in [-0.2, 0) is 14.3 Å². The number of anilines is 2. The van der Waals surface area contributed by atoms with Crippen LogP contribution in [0.3, 0.4) is 0 Å². The summed E-state index contributed by atoms with van der Waals surface area (Å²) < 4.78 is 14.6. The van der Waals surface area contributed by atoms with Gasteiger partial charge in [-0.1, -0.05) is 0 Å². The van der Waals surface area contributed by atoms with E-state index in [1.165, 1.54) is 11.8 Å². The summed E-state index contributed by atoms with van der Waals surface area (Å²) in [6.07, 6.45) is 3.49. The third-order valence-corrected chi connectivity index (χ3v) is 4.93. The maximum absolute atomic E-state index is 12.3. The van der Waals surface area contributed by atoms with E-state index < -0.39 is 18.0 Å². The summed E-state index contributed by atoms with van der Waals surface area (Å²) >= 11 is 1.17. The molecule has 1 amide bonds. The van der Waals surface area contributed by atoms with Crippen molar-refractivity contribution in [2.24, 2.45) is 5.73 Å². The standard InChI is InChI=1S/C21H19N5O6S/c1-26(13-6-8-14(30-2)9-7-13)17-15(31-19(27)20(28)32-21(22)29)18(33-3)25-16(24-17)12-5-4-10-23-11-12/h4-11H,1-3H3,(H2,22,29). The van der Waals surface area contributed by atoms with E-state index >= 15 is 0 Å². The molecule has 33 heavy (non-hydrogen) atoms. The molecule has 0 fully saturated rings. The van der Waals surface area contributed by atoms with Gasteiger partial charge in [0.2, 0.25) is 5.75 Å². The number of nitrogens with two attached hydrogens (primary N) is 1. The van der Waals surface area contributed by atoms with Crippen molar-refractivity contribution in [2.75, 3.05) is 25.3 Å². The van der Waals surface area contributed by atoms with Crippen molar-refractivity contribution in [3.05, 3.63) is 48.8 Å². The molecule has 0 saturated carbocycles. The number of ether oxygens (including phenoxy) is 3. The number of rotatable bonds is 6. The van der Waals surface area contributed by atoms with Crippen LogP contribution in [0.2, 0.25) is 0 Å². The monoisotopic (exact) mass is 469 g/mol. The molecule has 0 aliphatic carbocycles. The van der Waals surface area contributed by atoms with Gasteiger partial charge in [0.25, 0.3) is 0 Å². The summed E-state index contributed by atoms with van der Waals surface area (Å²) in [7, 11) is 3.25. The third kappa shape index (κ3) is 5.54. The topological polar surface area (TPSA) is 147 Å². The van der Waals surface area contributed by atoms with E-state index in [9.17, 15) is 14.4 Å². The number of primary amides is 1. The second kappa shape index (κ2) is 10.4. The van der Waals surface area contributed by atoms with E-state index in [0.29, 0.717) is 22.8 Å². The van der Waals surface area contributed by atoms with Gasteiger partial charge in [0, 0.05) is 30.7 Å². The maximum Gasteiger partial charge on any atom is 0.426 e. The van der Waals surface area contributed by atoms with Gasteiger partial charge in [-0.2, -0.15) is 0 Å². The van der Waals surface area contributed by atoms with Crippen molar-refractivity contribution in [2.45, 2.75) is 5.03 Å². The fraction of sp³-hybridized carbons (Fsp3) is 0.143. The van der Waals surface area contributed by atoms with Crippen molar-refractivity contribution in [1.82, 2.24) is 15.0 Å². The van der Waals surface area contributed by atoms with Crippen LogP contribution in [0.25, 0.3) is 11.4 Å². The van der Waals surface area contributed by atoms with Crippen LogP contribution in [0.4, 0.5) is 16.3 Å². The Labute approximate surface area is 192 Å². The second-order valence-electron chi connectivity index (χ2n) is 6.31. The molecule has 2 N–H and O–H groups in total. The van der Waals surface area contributed by atoms with Crippen LogP contribution >= 0.6 is 11.8 Å². The summed E-state index contributed by atoms with van der Waals surface area (Å²) in [5.41, 5.74) is 6.10. The highest BCUT2D eigenvalue weighted by Gasteiger charge is 2.27. The van der Waals surface area contributed by atoms with E-state index in [-0.39, 0.29) is 16.6 Å². The van der Waals surface area contributed by atoms with Crippen molar-refractivity contribution >= 4 is 41.3 Å². The number of carbonyl (C=O) groups is 3. The lowest BCUT2D eigenvalue weighted by Crippen LogP contribution is -2.29. The molecule has 0 unspecified atom stereocenters. The maximum atomic E-state index is 12.3. The zero-order chi connectivity index (χ0) is 24.0. The molecule has 0 saturated heterocycles. The average molecular weight is 469 g/mol. The van der Waals surface area contributed by atoms with Gasteiger partial charge >= 0.3 is 18.0 Å². The fourth-order valence-corrected chi connectivity index (χ4v) is 3.19. The molecule has 0 radical (unpaired) electrons. The van der Waals surface area contributed by atoms with Crippen molar-refractivity contribution in [3.63, 3.8) is 0 Å². The van der Waals surface area contributed by atoms with E-state index in [1.54, 1.807) is 74.1 Å². The van der Waals surface area contributed by atoms with Gasteiger partial charge in [-0.15, -0.1) is 11.8 Å². The minimum absolute atomic E-state index is 0.0973. The molecule has 0 atom stereocenters. The Hall–Kier alpha value is -4.19. The van der Waals surface area contributed by atoms with Crippen LogP contribution in [0, 0.1) is 0 Å². The highest BCUT2D eigenvalue weighted by molar-refractivity contribution is 7.98. The Morgan fingerprint density at radius 3 is 2.36 bits per heavy atom. The molecule has 2 aromatic heterocycles. The molecule has 170 valence electrons. The molecular weight excluding hydrogens is 450 g/mol. The van der Waals surface area contributed by atoms with E-state index in [2.05, 4.69) is 19.7 Å². The number of hydrogen-bond acceptors (Lipinski definition) is 11. The lowest BCUT2D eigenvalue weighted by atomic mass is 10.2. The van der Waals surface area contributed by atoms with Crippen molar-refractivity contribution < 1.29 is 28.6 Å². The Morgan fingerprint density at radius 1 is 1.06 bits per heavy atom. The summed E-state index contributed by atoms with van der Waals surface area (Å²) in [4.78, 5) is 49.6. The number of thioether (sulfide) groups is 1. The quantitative estimate of drug-likeness (QED) is 0.187. The Morgan fingerprint density at radius 2 is 1.79 bits per heavy atom. The van der Waals surface area contributed by atoms with E-state index in [0.717, 1.165) is 0 Å². The van der Waals surface area contributed by atoms with E-state index in [1.807, 2.05) is 0 Å². The molecule has 1 aromatic carbocycles. The van der Waals surface area contributed by atoms with Gasteiger partial charge in [0.15, 0.2) is 11.6 Å². The first kappa shape index (κ1) is 23.5. The fourth-order valence-electron chi connectivity index (χ4n) is 2.69. The molecule has 0 spiro atoms. The first-order valence-corrected chi connectivity index (χ1v) is 10.5. The van der Waals surface area contributed by atoms with Crippen LogP contribution in [0.5, 0.6) is 11.5 Å². The lowest BCUT2D eigenvalue weighted by molar-refractivity contribution is -0.158. The normalized spacial score (nSPS) is 10.3. The van der Waals surface area contributed by atoms with Crippen LogP contribution in [0.15, 0.2) is 53.8 Å². The number of carbonyl (C=O) groups excluding carboxylic acids is 3. The molecule has 2 heterocycles. The van der Waals surface area contributed by atoms with Crippen molar-refractivity contribution in [1.29, 1.82) is 0 Å². The number of esters is 2. The Bertz CT molecular complexity index is 1170. The SMILES string of the molecule is COc1ccc(N(C)c2nc(-c3cccnc3)nc(SC)c2OC(=O)C(=O)OC(N)=O)cc1. The first-order valence-electron chi connectivity index (χ1n) is 9.31. The largest absolute Gasteiger partial charge is 0.497 e. The summed E-state index contributed by atoms with van der Waals surface area (Å²) in [6.45, 7) is 0. The zero-order valence-electron chi connectivity index (χ0n) is 17.8. The van der Waals surface area contributed by atoms with Crippen LogP contribution in [-0.4, -0.2) is 53.4 Å². The highest BCUT2D eigenvalue weighted by Crippen LogP contribution is 2.39. The molecule has 12 heteroatoms. The van der Waals surface area contributed by atoms with Gasteiger partial charge in [0.1, 0.15) is 10.8 Å². The number of hydrogen-bond donors (Lipinski definition) is 1. The second-order valence-corrected chi connectivity index (χ2v) is 7.10. The molecule has 3 aromatic rings. The molecule has 0 aliphatic rings. The predicted molar refractivity (Wildman–Crippen MR) is 119 cm³/mol. The lowest BCUT2D eigenvalue weighted by Gasteiger charge is -2.22. The van der Waals surface area contributed by atoms with Crippen LogP contribution < -0.4 is 20.1 Å². The average Bonchev–Trinajstić information content (AvgIpc) is 2.83. The third-order valence-electron chi connectivity index (χ3n) is 4.26. The number of methoxy groups -OCH3 is 1. The van der Waals surface area contributed by atoms with Gasteiger partial charge in [-0.25, -0.2) is 24.4 Å².